The molecule has 0 bridgehead atoms. The van der Waals surface area contributed by atoms with Gasteiger partial charge in [0.2, 0.25) is 5.88 Å². The molecule has 0 spiro atoms. The molecule has 0 aliphatic carbocycles. The van der Waals surface area contributed by atoms with Crippen molar-refractivity contribution in [2.45, 2.75) is 19.9 Å². The van der Waals surface area contributed by atoms with Crippen LogP contribution in [0.1, 0.15) is 24.1 Å². The smallest absolute Gasteiger partial charge is 0.224 e. The first kappa shape index (κ1) is 14.3. The van der Waals surface area contributed by atoms with Crippen LogP contribution in [0.5, 0.6) is 17.4 Å². The first-order chi connectivity index (χ1) is 9.65. The normalized spacial score (nSPS) is 12.0. The molecule has 1 aromatic carbocycles. The summed E-state index contributed by atoms with van der Waals surface area (Å²) in [4.78, 5) is 4.32. The summed E-state index contributed by atoms with van der Waals surface area (Å²) >= 11 is 0. The van der Waals surface area contributed by atoms with Crippen LogP contribution in [0.4, 0.5) is 0 Å². The molecule has 0 radical (unpaired) electrons. The second-order valence-electron chi connectivity index (χ2n) is 4.66. The topological polar surface area (TPSA) is 43.4 Å². The van der Waals surface area contributed by atoms with Crippen LogP contribution in [0.2, 0.25) is 0 Å². The highest BCUT2D eigenvalue weighted by atomic mass is 16.5. The van der Waals surface area contributed by atoms with Crippen molar-refractivity contribution in [1.29, 1.82) is 0 Å². The van der Waals surface area contributed by atoms with Gasteiger partial charge in [-0.1, -0.05) is 12.1 Å². The number of nitrogens with one attached hydrogen (secondary N) is 1. The number of hydrogen-bond acceptors (Lipinski definition) is 4. The Hall–Kier alpha value is -2.07. The highest BCUT2D eigenvalue weighted by Gasteiger charge is 2.13. The Morgan fingerprint density at radius 3 is 2.70 bits per heavy atom. The number of aryl methyl sites for hydroxylation is 1. The number of benzene rings is 1. The molecule has 0 aliphatic heterocycles. The molecule has 0 aliphatic rings. The van der Waals surface area contributed by atoms with Crippen LogP contribution >= 0.6 is 0 Å². The van der Waals surface area contributed by atoms with Gasteiger partial charge < -0.3 is 14.8 Å². The summed E-state index contributed by atoms with van der Waals surface area (Å²) in [7, 11) is 3.55. The number of hydrogen-bond donors (Lipinski definition) is 1. The molecule has 4 nitrogen and oxygen atoms in total. The summed E-state index contributed by atoms with van der Waals surface area (Å²) < 4.78 is 11.3. The lowest BCUT2D eigenvalue weighted by atomic mass is 10.1. The molecule has 0 saturated carbocycles. The van der Waals surface area contributed by atoms with Gasteiger partial charge in [0.15, 0.2) is 11.5 Å². The number of ether oxygens (including phenoxy) is 2. The van der Waals surface area contributed by atoms with Gasteiger partial charge in [-0.15, -0.1) is 0 Å². The number of aromatic nitrogens is 1. The number of rotatable bonds is 5. The van der Waals surface area contributed by atoms with E-state index >= 15 is 0 Å². The summed E-state index contributed by atoms with van der Waals surface area (Å²) in [6.45, 7) is 4.08. The molecule has 0 fully saturated rings. The molecule has 2 rings (SSSR count). The monoisotopic (exact) mass is 272 g/mol. The molecule has 2 aromatic rings. The van der Waals surface area contributed by atoms with E-state index in [0.717, 1.165) is 11.1 Å². The molecule has 0 amide bonds. The van der Waals surface area contributed by atoms with Crippen molar-refractivity contribution in [3.05, 3.63) is 47.7 Å². The second kappa shape index (κ2) is 6.39. The quantitative estimate of drug-likeness (QED) is 0.905. The Bertz CT molecular complexity index is 584. The molecule has 1 atom stereocenters. The lowest BCUT2D eigenvalue weighted by molar-refractivity contribution is 0.370. The third kappa shape index (κ3) is 3.08. The fraction of sp³-hybridized carbons (Fsp3) is 0.312. The maximum Gasteiger partial charge on any atom is 0.224 e. The summed E-state index contributed by atoms with van der Waals surface area (Å²) in [5, 5.41) is 3.19. The molecule has 106 valence electrons. The number of nitrogens with zero attached hydrogens (tertiary/aromatic N) is 1. The Morgan fingerprint density at radius 2 is 2.00 bits per heavy atom. The minimum atomic E-state index is 0.162. The minimum Gasteiger partial charge on any atom is -0.493 e. The van der Waals surface area contributed by atoms with E-state index in [1.165, 1.54) is 0 Å². The summed E-state index contributed by atoms with van der Waals surface area (Å²) in [5.41, 5.74) is 2.14. The fourth-order valence-electron chi connectivity index (χ4n) is 1.94. The molecule has 20 heavy (non-hydrogen) atoms. The van der Waals surface area contributed by atoms with Crippen molar-refractivity contribution < 1.29 is 9.47 Å². The highest BCUT2D eigenvalue weighted by molar-refractivity contribution is 5.45. The molecule has 1 N–H and O–H groups in total. The average molecular weight is 272 g/mol. The molecular formula is C16H20N2O2. The van der Waals surface area contributed by atoms with Gasteiger partial charge in [0.05, 0.1) is 7.11 Å². The van der Waals surface area contributed by atoms with Crippen molar-refractivity contribution in [2.24, 2.45) is 0 Å². The largest absolute Gasteiger partial charge is 0.493 e. The van der Waals surface area contributed by atoms with E-state index in [1.807, 2.05) is 44.3 Å². The molecule has 1 aromatic heterocycles. The summed E-state index contributed by atoms with van der Waals surface area (Å²) in [6, 6.07) is 9.90. The van der Waals surface area contributed by atoms with Crippen LogP contribution in [-0.2, 0) is 0 Å². The first-order valence-corrected chi connectivity index (χ1v) is 6.60. The average Bonchev–Trinajstić information content (AvgIpc) is 2.48. The Balaban J connectivity index is 2.35. The zero-order valence-electron chi connectivity index (χ0n) is 12.3. The predicted octanol–water partition coefficient (Wildman–Crippen LogP) is 3.47. The predicted molar refractivity (Wildman–Crippen MR) is 79.5 cm³/mol. The van der Waals surface area contributed by atoms with Crippen molar-refractivity contribution in [3.63, 3.8) is 0 Å². The van der Waals surface area contributed by atoms with E-state index in [1.54, 1.807) is 13.3 Å². The van der Waals surface area contributed by atoms with Gasteiger partial charge in [0, 0.05) is 17.8 Å². The Morgan fingerprint density at radius 1 is 1.20 bits per heavy atom. The van der Waals surface area contributed by atoms with Crippen molar-refractivity contribution in [3.8, 4) is 17.4 Å². The van der Waals surface area contributed by atoms with Gasteiger partial charge in [0.25, 0.3) is 0 Å². The van der Waals surface area contributed by atoms with Crippen LogP contribution in [0.3, 0.4) is 0 Å². The molecular weight excluding hydrogens is 252 g/mol. The number of pyridine rings is 1. The number of methoxy groups -OCH3 is 1. The standard InChI is InChI=1S/C16H20N2O2/c1-11-7-8-14(15(10-11)19-4)20-16-13(12(2)17-3)6-5-9-18-16/h5-10,12,17H,1-4H3. The van der Waals surface area contributed by atoms with Gasteiger partial charge in [0.1, 0.15) is 0 Å². The van der Waals surface area contributed by atoms with Gasteiger partial charge in [-0.05, 0) is 44.7 Å². The zero-order chi connectivity index (χ0) is 14.5. The van der Waals surface area contributed by atoms with Gasteiger partial charge >= 0.3 is 0 Å². The minimum absolute atomic E-state index is 0.162. The van der Waals surface area contributed by atoms with Gasteiger partial charge in [-0.25, -0.2) is 4.98 Å². The molecule has 0 saturated heterocycles. The Labute approximate surface area is 119 Å². The first-order valence-electron chi connectivity index (χ1n) is 6.60. The summed E-state index contributed by atoms with van der Waals surface area (Å²) in [5.74, 6) is 1.97. The SMILES string of the molecule is CNC(C)c1cccnc1Oc1ccc(C)cc1OC. The highest BCUT2D eigenvalue weighted by Crippen LogP contribution is 2.34. The van der Waals surface area contributed by atoms with Crippen LogP contribution in [-0.4, -0.2) is 19.1 Å². The van der Waals surface area contributed by atoms with E-state index in [2.05, 4.69) is 17.2 Å². The van der Waals surface area contributed by atoms with Crippen LogP contribution in [0, 0.1) is 6.92 Å². The van der Waals surface area contributed by atoms with E-state index in [-0.39, 0.29) is 6.04 Å². The van der Waals surface area contributed by atoms with E-state index in [9.17, 15) is 0 Å². The molecule has 4 heteroatoms. The van der Waals surface area contributed by atoms with Gasteiger partial charge in [-0.2, -0.15) is 0 Å². The maximum absolute atomic E-state index is 5.93. The van der Waals surface area contributed by atoms with Crippen molar-refractivity contribution in [2.75, 3.05) is 14.2 Å². The van der Waals surface area contributed by atoms with Gasteiger partial charge in [-0.3, -0.25) is 0 Å². The van der Waals surface area contributed by atoms with E-state index in [4.69, 9.17) is 9.47 Å². The molecule has 1 unspecified atom stereocenters. The van der Waals surface area contributed by atoms with Crippen LogP contribution in [0.15, 0.2) is 36.5 Å². The lowest BCUT2D eigenvalue weighted by Crippen LogP contribution is -2.13. The Kier molecular flexibility index (Phi) is 4.58. The fourth-order valence-corrected chi connectivity index (χ4v) is 1.94. The third-order valence-electron chi connectivity index (χ3n) is 3.23. The van der Waals surface area contributed by atoms with Crippen LogP contribution < -0.4 is 14.8 Å². The summed E-state index contributed by atoms with van der Waals surface area (Å²) in [6.07, 6.45) is 1.72. The lowest BCUT2D eigenvalue weighted by Gasteiger charge is -2.16. The van der Waals surface area contributed by atoms with E-state index in [0.29, 0.717) is 17.4 Å². The maximum atomic E-state index is 5.93. The second-order valence-corrected chi connectivity index (χ2v) is 4.66. The zero-order valence-corrected chi connectivity index (χ0v) is 12.3. The van der Waals surface area contributed by atoms with Crippen molar-refractivity contribution in [1.82, 2.24) is 10.3 Å². The van der Waals surface area contributed by atoms with Crippen LogP contribution in [0.25, 0.3) is 0 Å². The molecule has 1 heterocycles. The van der Waals surface area contributed by atoms with Crippen molar-refractivity contribution >= 4 is 0 Å². The third-order valence-corrected chi connectivity index (χ3v) is 3.23. The van der Waals surface area contributed by atoms with E-state index < -0.39 is 0 Å².